The number of benzene rings is 1. The summed E-state index contributed by atoms with van der Waals surface area (Å²) < 4.78 is 0. The predicted octanol–water partition coefficient (Wildman–Crippen LogP) is 3.19. The van der Waals surface area contributed by atoms with Gasteiger partial charge in [-0.2, -0.15) is 0 Å². The lowest BCUT2D eigenvalue weighted by Crippen LogP contribution is -1.99. The first-order chi connectivity index (χ1) is 6.50. The average molecular weight is 210 g/mol. The first-order valence-electron chi connectivity index (χ1n) is 4.51. The average Bonchev–Trinajstić information content (AvgIpc) is 2.01. The van der Waals surface area contributed by atoms with Crippen LogP contribution in [0, 0.1) is 6.92 Å². The van der Waals surface area contributed by atoms with Crippen molar-refractivity contribution in [2.45, 2.75) is 30.9 Å². The predicted molar refractivity (Wildman–Crippen MR) is 59.1 cm³/mol. The molecule has 0 heterocycles. The molecule has 0 aliphatic carbocycles. The van der Waals surface area contributed by atoms with Gasteiger partial charge in [-0.15, -0.1) is 11.8 Å². The van der Waals surface area contributed by atoms with Crippen LogP contribution in [-0.4, -0.2) is 16.3 Å². The molecule has 1 rings (SSSR count). The van der Waals surface area contributed by atoms with Crippen LogP contribution in [0.2, 0.25) is 0 Å². The number of carboxylic acid groups (broad SMARTS) is 1. The number of rotatable bonds is 3. The number of aromatic carboxylic acids is 1. The Labute approximate surface area is 88.3 Å². The summed E-state index contributed by atoms with van der Waals surface area (Å²) in [4.78, 5) is 11.9. The minimum absolute atomic E-state index is 0.387. The molecule has 1 aromatic rings. The molecule has 0 saturated heterocycles. The van der Waals surface area contributed by atoms with E-state index in [2.05, 4.69) is 13.8 Å². The molecule has 0 spiro atoms. The maximum absolute atomic E-state index is 10.7. The maximum atomic E-state index is 10.7. The van der Waals surface area contributed by atoms with Crippen LogP contribution in [-0.2, 0) is 0 Å². The fourth-order valence-electron chi connectivity index (χ4n) is 1.22. The molecule has 1 N–H and O–H groups in total. The number of carbonyl (C=O) groups is 1. The van der Waals surface area contributed by atoms with E-state index in [0.29, 0.717) is 10.8 Å². The Morgan fingerprint density at radius 1 is 1.43 bits per heavy atom. The first-order valence-corrected chi connectivity index (χ1v) is 5.39. The van der Waals surface area contributed by atoms with Gasteiger partial charge in [-0.3, -0.25) is 0 Å². The van der Waals surface area contributed by atoms with Gasteiger partial charge >= 0.3 is 5.97 Å². The number of hydrogen-bond donors (Lipinski definition) is 1. The minimum atomic E-state index is -0.858. The zero-order chi connectivity index (χ0) is 10.7. The second-order valence-corrected chi connectivity index (χ2v) is 5.10. The molecule has 14 heavy (non-hydrogen) atoms. The lowest BCUT2D eigenvalue weighted by atomic mass is 10.1. The zero-order valence-electron chi connectivity index (χ0n) is 8.57. The van der Waals surface area contributed by atoms with E-state index in [9.17, 15) is 4.79 Å². The van der Waals surface area contributed by atoms with Crippen LogP contribution >= 0.6 is 11.8 Å². The SMILES string of the molecule is Cc1cc(SC(C)C)ccc1C(=O)O. The highest BCUT2D eigenvalue weighted by atomic mass is 32.2. The zero-order valence-corrected chi connectivity index (χ0v) is 9.39. The molecule has 76 valence electrons. The molecule has 0 amide bonds. The van der Waals surface area contributed by atoms with E-state index in [-0.39, 0.29) is 0 Å². The van der Waals surface area contributed by atoms with Crippen molar-refractivity contribution < 1.29 is 9.90 Å². The van der Waals surface area contributed by atoms with E-state index in [1.54, 1.807) is 17.8 Å². The van der Waals surface area contributed by atoms with Crippen molar-refractivity contribution in [3.05, 3.63) is 29.3 Å². The maximum Gasteiger partial charge on any atom is 0.335 e. The Morgan fingerprint density at radius 3 is 2.50 bits per heavy atom. The number of hydrogen-bond acceptors (Lipinski definition) is 2. The molecule has 0 aliphatic heterocycles. The lowest BCUT2D eigenvalue weighted by Gasteiger charge is -2.07. The van der Waals surface area contributed by atoms with Gasteiger partial charge in [0, 0.05) is 10.1 Å². The van der Waals surface area contributed by atoms with Gasteiger partial charge in [0.25, 0.3) is 0 Å². The summed E-state index contributed by atoms with van der Waals surface area (Å²) >= 11 is 1.74. The Bertz CT molecular complexity index is 345. The van der Waals surface area contributed by atoms with Crippen molar-refractivity contribution in [2.75, 3.05) is 0 Å². The van der Waals surface area contributed by atoms with E-state index < -0.39 is 5.97 Å². The van der Waals surface area contributed by atoms with Crippen LogP contribution in [0.15, 0.2) is 23.1 Å². The molecule has 0 saturated carbocycles. The molecule has 0 bridgehead atoms. The Hall–Kier alpha value is -0.960. The van der Waals surface area contributed by atoms with E-state index in [1.165, 1.54) is 0 Å². The van der Waals surface area contributed by atoms with Crippen LogP contribution in [0.25, 0.3) is 0 Å². The van der Waals surface area contributed by atoms with Crippen LogP contribution in [0.5, 0.6) is 0 Å². The van der Waals surface area contributed by atoms with Gasteiger partial charge in [-0.1, -0.05) is 13.8 Å². The quantitative estimate of drug-likeness (QED) is 0.778. The molecular weight excluding hydrogens is 196 g/mol. The van der Waals surface area contributed by atoms with Gasteiger partial charge in [0.15, 0.2) is 0 Å². The standard InChI is InChI=1S/C11H14O2S/c1-7(2)14-9-4-5-10(11(12)13)8(3)6-9/h4-7H,1-3H3,(H,12,13). The van der Waals surface area contributed by atoms with E-state index >= 15 is 0 Å². The monoisotopic (exact) mass is 210 g/mol. The van der Waals surface area contributed by atoms with Gasteiger partial charge in [-0.05, 0) is 30.7 Å². The molecule has 2 nitrogen and oxygen atoms in total. The van der Waals surface area contributed by atoms with E-state index in [0.717, 1.165) is 10.5 Å². The van der Waals surface area contributed by atoms with Gasteiger partial charge < -0.3 is 5.11 Å². The van der Waals surface area contributed by atoms with Crippen molar-refractivity contribution in [3.63, 3.8) is 0 Å². The normalized spacial score (nSPS) is 10.6. The van der Waals surface area contributed by atoms with Crippen LogP contribution in [0.3, 0.4) is 0 Å². The minimum Gasteiger partial charge on any atom is -0.478 e. The number of aryl methyl sites for hydroxylation is 1. The Morgan fingerprint density at radius 2 is 2.07 bits per heavy atom. The van der Waals surface area contributed by atoms with Crippen LogP contribution < -0.4 is 0 Å². The second kappa shape index (κ2) is 4.51. The highest BCUT2D eigenvalue weighted by molar-refractivity contribution is 7.99. The van der Waals surface area contributed by atoms with Crippen molar-refractivity contribution >= 4 is 17.7 Å². The van der Waals surface area contributed by atoms with Gasteiger partial charge in [0.1, 0.15) is 0 Å². The van der Waals surface area contributed by atoms with Crippen molar-refractivity contribution in [1.29, 1.82) is 0 Å². The topological polar surface area (TPSA) is 37.3 Å². The van der Waals surface area contributed by atoms with Crippen molar-refractivity contribution in [2.24, 2.45) is 0 Å². The summed E-state index contributed by atoms with van der Waals surface area (Å²) in [5.74, 6) is -0.858. The lowest BCUT2D eigenvalue weighted by molar-refractivity contribution is 0.0696. The molecule has 0 unspecified atom stereocenters. The highest BCUT2D eigenvalue weighted by Gasteiger charge is 2.07. The second-order valence-electron chi connectivity index (χ2n) is 3.45. The molecule has 0 fully saturated rings. The molecule has 0 aromatic heterocycles. The molecule has 3 heteroatoms. The van der Waals surface area contributed by atoms with Gasteiger partial charge in [0.2, 0.25) is 0 Å². The molecule has 0 aliphatic rings. The van der Waals surface area contributed by atoms with Gasteiger partial charge in [0.05, 0.1) is 5.56 Å². The smallest absolute Gasteiger partial charge is 0.335 e. The van der Waals surface area contributed by atoms with Crippen molar-refractivity contribution in [3.8, 4) is 0 Å². The third kappa shape index (κ3) is 2.77. The van der Waals surface area contributed by atoms with Gasteiger partial charge in [-0.25, -0.2) is 4.79 Å². The summed E-state index contributed by atoms with van der Waals surface area (Å²) in [6, 6.07) is 5.46. The van der Waals surface area contributed by atoms with Crippen LogP contribution in [0.1, 0.15) is 29.8 Å². The fourth-order valence-corrected chi connectivity index (χ4v) is 2.16. The number of carboxylic acids is 1. The number of thioether (sulfide) groups is 1. The van der Waals surface area contributed by atoms with E-state index in [4.69, 9.17) is 5.11 Å². The van der Waals surface area contributed by atoms with Crippen molar-refractivity contribution in [1.82, 2.24) is 0 Å². The first kappa shape index (κ1) is 11.1. The largest absolute Gasteiger partial charge is 0.478 e. The summed E-state index contributed by atoms with van der Waals surface area (Å²) in [5, 5.41) is 9.35. The molecule has 0 radical (unpaired) electrons. The van der Waals surface area contributed by atoms with E-state index in [1.807, 2.05) is 19.1 Å². The molecule has 1 aromatic carbocycles. The Balaban J connectivity index is 2.94. The Kier molecular flexibility index (Phi) is 3.58. The summed E-state index contributed by atoms with van der Waals surface area (Å²) in [6.07, 6.45) is 0. The summed E-state index contributed by atoms with van der Waals surface area (Å²) in [7, 11) is 0. The molecular formula is C11H14O2S. The van der Waals surface area contributed by atoms with Crippen LogP contribution in [0.4, 0.5) is 0 Å². The highest BCUT2D eigenvalue weighted by Crippen LogP contribution is 2.24. The fraction of sp³-hybridized carbons (Fsp3) is 0.364. The molecule has 0 atom stereocenters. The third-order valence-electron chi connectivity index (χ3n) is 1.80. The summed E-state index contributed by atoms with van der Waals surface area (Å²) in [5.41, 5.74) is 1.21. The third-order valence-corrected chi connectivity index (χ3v) is 2.80. The summed E-state index contributed by atoms with van der Waals surface area (Å²) in [6.45, 7) is 6.06.